The van der Waals surface area contributed by atoms with Crippen LogP contribution >= 0.6 is 0 Å². The number of carbonyl (C=O) groups is 1. The molecule has 2 heterocycles. The number of hydrazone groups is 1. The summed E-state index contributed by atoms with van der Waals surface area (Å²) in [5.41, 5.74) is 11.0. The molecule has 0 radical (unpaired) electrons. The molecule has 0 fully saturated rings. The molecule has 170 valence electrons. The first-order chi connectivity index (χ1) is 16.5. The van der Waals surface area contributed by atoms with Gasteiger partial charge in [-0.1, -0.05) is 29.5 Å². The topological polar surface area (TPSA) is 170 Å². The molecule has 3 N–H and O–H groups in total. The molecule has 0 aliphatic rings. The van der Waals surface area contributed by atoms with E-state index in [0.717, 1.165) is 5.56 Å². The van der Waals surface area contributed by atoms with Crippen molar-refractivity contribution in [2.24, 2.45) is 5.10 Å². The van der Waals surface area contributed by atoms with E-state index in [-0.39, 0.29) is 17.3 Å². The molecule has 1 amide bonds. The van der Waals surface area contributed by atoms with Crippen LogP contribution in [0.2, 0.25) is 0 Å². The summed E-state index contributed by atoms with van der Waals surface area (Å²) in [5, 5.41) is 28.5. The number of amides is 1. The third-order valence-electron chi connectivity index (χ3n) is 4.76. The van der Waals surface area contributed by atoms with Gasteiger partial charge in [0.1, 0.15) is 11.4 Å². The molecule has 0 atom stereocenters. The number of benzene rings is 2. The van der Waals surface area contributed by atoms with Crippen molar-refractivity contribution in [3.05, 3.63) is 65.4 Å². The van der Waals surface area contributed by atoms with Crippen molar-refractivity contribution in [1.82, 2.24) is 30.7 Å². The van der Waals surface area contributed by atoms with Crippen molar-refractivity contribution in [3.63, 3.8) is 0 Å². The van der Waals surface area contributed by atoms with E-state index in [9.17, 15) is 4.79 Å². The van der Waals surface area contributed by atoms with Crippen LogP contribution in [0.4, 0.5) is 5.82 Å². The molecule has 0 aliphatic carbocycles. The number of hydrogen-bond donors (Lipinski definition) is 2. The summed E-state index contributed by atoms with van der Waals surface area (Å²) < 4.78 is 11.5. The van der Waals surface area contributed by atoms with E-state index in [1.807, 2.05) is 6.92 Å². The van der Waals surface area contributed by atoms with E-state index < -0.39 is 5.91 Å². The molecule has 0 spiro atoms. The Morgan fingerprint density at radius 1 is 1.26 bits per heavy atom. The zero-order valence-corrected chi connectivity index (χ0v) is 18.3. The van der Waals surface area contributed by atoms with Gasteiger partial charge in [-0.2, -0.15) is 15.0 Å². The quantitative estimate of drug-likeness (QED) is 0.312. The van der Waals surface area contributed by atoms with Gasteiger partial charge in [-0.15, -0.1) is 5.10 Å². The lowest BCUT2D eigenvalue weighted by Gasteiger charge is -2.08. The van der Waals surface area contributed by atoms with Crippen LogP contribution in [0.25, 0.3) is 17.1 Å². The maximum Gasteiger partial charge on any atom is 0.294 e. The van der Waals surface area contributed by atoms with Gasteiger partial charge in [0, 0.05) is 5.56 Å². The summed E-state index contributed by atoms with van der Waals surface area (Å²) in [7, 11) is 0. The first kappa shape index (κ1) is 22.2. The van der Waals surface area contributed by atoms with Crippen molar-refractivity contribution in [3.8, 4) is 28.9 Å². The second-order valence-corrected chi connectivity index (χ2v) is 6.96. The number of nitrogens with zero attached hydrogens (tertiary/aromatic N) is 7. The van der Waals surface area contributed by atoms with Gasteiger partial charge in [-0.05, 0) is 54.0 Å². The Kier molecular flexibility index (Phi) is 6.26. The zero-order valence-electron chi connectivity index (χ0n) is 18.3. The lowest BCUT2D eigenvalue weighted by Crippen LogP contribution is -2.21. The molecule has 0 bridgehead atoms. The van der Waals surface area contributed by atoms with E-state index in [1.54, 1.807) is 55.5 Å². The van der Waals surface area contributed by atoms with Crippen LogP contribution in [-0.4, -0.2) is 43.5 Å². The smallest absolute Gasteiger partial charge is 0.294 e. The predicted molar refractivity (Wildman–Crippen MR) is 121 cm³/mol. The van der Waals surface area contributed by atoms with E-state index in [4.69, 9.17) is 15.7 Å². The average molecular weight is 457 g/mol. The van der Waals surface area contributed by atoms with Crippen LogP contribution in [0.1, 0.15) is 35.5 Å². The number of nitrogens with two attached hydrogens (primary N) is 1. The van der Waals surface area contributed by atoms with Crippen LogP contribution in [0.15, 0.2) is 58.3 Å². The summed E-state index contributed by atoms with van der Waals surface area (Å²) >= 11 is 0. The number of hydrogen-bond acceptors (Lipinski definition) is 10. The van der Waals surface area contributed by atoms with Crippen molar-refractivity contribution in [2.45, 2.75) is 13.8 Å². The number of carbonyl (C=O) groups excluding carboxylic acids is 1. The molecule has 12 heteroatoms. The molecule has 0 saturated carbocycles. The van der Waals surface area contributed by atoms with E-state index in [1.165, 1.54) is 4.68 Å². The molecule has 2 aromatic carbocycles. The number of aromatic nitrogens is 5. The van der Waals surface area contributed by atoms with Crippen LogP contribution in [0.5, 0.6) is 5.75 Å². The second kappa shape index (κ2) is 9.61. The fraction of sp³-hybridized carbons (Fsp3) is 0.136. The number of nitrogen functional groups attached to an aromatic ring is 1. The Morgan fingerprint density at radius 3 is 2.74 bits per heavy atom. The minimum Gasteiger partial charge on any atom is -0.494 e. The number of nitriles is 1. The molecule has 0 aliphatic heterocycles. The van der Waals surface area contributed by atoms with E-state index in [2.05, 4.69) is 41.9 Å². The van der Waals surface area contributed by atoms with Gasteiger partial charge in [-0.25, -0.2) is 10.1 Å². The van der Waals surface area contributed by atoms with Crippen LogP contribution in [0, 0.1) is 11.3 Å². The van der Waals surface area contributed by atoms with Gasteiger partial charge >= 0.3 is 0 Å². The lowest BCUT2D eigenvalue weighted by molar-refractivity contribution is 0.0950. The van der Waals surface area contributed by atoms with Crippen molar-refractivity contribution < 1.29 is 14.2 Å². The van der Waals surface area contributed by atoms with Crippen molar-refractivity contribution >= 4 is 17.4 Å². The molecule has 0 unspecified atom stereocenters. The molecule has 34 heavy (non-hydrogen) atoms. The van der Waals surface area contributed by atoms with Gasteiger partial charge in [0.2, 0.25) is 11.6 Å². The van der Waals surface area contributed by atoms with E-state index in [0.29, 0.717) is 34.9 Å². The molecular weight excluding hydrogens is 438 g/mol. The highest BCUT2D eigenvalue weighted by atomic mass is 16.6. The Bertz CT molecular complexity index is 1400. The van der Waals surface area contributed by atoms with Crippen molar-refractivity contribution in [2.75, 3.05) is 12.3 Å². The summed E-state index contributed by atoms with van der Waals surface area (Å²) in [6, 6.07) is 15.9. The third kappa shape index (κ3) is 4.44. The van der Waals surface area contributed by atoms with Gasteiger partial charge in [0.05, 0.1) is 24.0 Å². The lowest BCUT2D eigenvalue weighted by atomic mass is 10.1. The molecule has 12 nitrogen and oxygen atoms in total. The maximum absolute atomic E-state index is 13.1. The average Bonchev–Trinajstić information content (AvgIpc) is 3.48. The van der Waals surface area contributed by atoms with Crippen LogP contribution in [-0.2, 0) is 0 Å². The first-order valence-corrected chi connectivity index (χ1v) is 10.1. The second-order valence-electron chi connectivity index (χ2n) is 6.96. The van der Waals surface area contributed by atoms with Crippen LogP contribution in [0.3, 0.4) is 0 Å². The van der Waals surface area contributed by atoms with Gasteiger partial charge in [0.15, 0.2) is 5.69 Å². The largest absolute Gasteiger partial charge is 0.494 e. The summed E-state index contributed by atoms with van der Waals surface area (Å²) in [6.45, 7) is 4.07. The number of rotatable bonds is 7. The summed E-state index contributed by atoms with van der Waals surface area (Å²) in [6.07, 6.45) is 0. The molecular formula is C22H19N9O3. The molecule has 4 rings (SSSR count). The van der Waals surface area contributed by atoms with Gasteiger partial charge in [-0.3, -0.25) is 4.79 Å². The molecule has 0 saturated heterocycles. The maximum atomic E-state index is 13.1. The standard InChI is InChI=1S/C22H19N9O3/c1-3-33-17-6-4-5-16(11-17)19-18(26-30-31(19)21-20(24)28-34-29-21)22(32)27-25-13(2)15-9-7-14(12-23)8-10-15/h4-11H,3H2,1-2H3,(H2,24,28)(H,27,32)/b25-13+. The van der Waals surface area contributed by atoms with Gasteiger partial charge in [0.25, 0.3) is 5.91 Å². The Labute approximate surface area is 193 Å². The highest BCUT2D eigenvalue weighted by Crippen LogP contribution is 2.29. The minimum absolute atomic E-state index is 0.0197. The summed E-state index contributed by atoms with van der Waals surface area (Å²) in [4.78, 5) is 13.1. The molecule has 2 aromatic heterocycles. The first-order valence-electron chi connectivity index (χ1n) is 10.1. The highest BCUT2D eigenvalue weighted by Gasteiger charge is 2.25. The third-order valence-corrected chi connectivity index (χ3v) is 4.76. The SMILES string of the molecule is CCOc1cccc(-c2c(C(=O)N/N=C(\C)c3ccc(C#N)cc3)nnn2-c2nonc2N)c1. The zero-order chi connectivity index (χ0) is 24.1. The Hall–Kier alpha value is -5.05. The van der Waals surface area contributed by atoms with Crippen LogP contribution < -0.4 is 15.9 Å². The van der Waals surface area contributed by atoms with Crippen molar-refractivity contribution in [1.29, 1.82) is 5.26 Å². The minimum atomic E-state index is -0.605. The number of nitrogens with one attached hydrogen (secondary N) is 1. The number of ether oxygens (including phenoxy) is 1. The summed E-state index contributed by atoms with van der Waals surface area (Å²) in [5.74, 6) is 0.0560. The van der Waals surface area contributed by atoms with E-state index >= 15 is 0 Å². The Morgan fingerprint density at radius 2 is 2.06 bits per heavy atom. The number of anilines is 1. The molecule has 4 aromatic rings. The fourth-order valence-corrected chi connectivity index (χ4v) is 3.12. The fourth-order valence-electron chi connectivity index (χ4n) is 3.12. The monoisotopic (exact) mass is 457 g/mol. The predicted octanol–water partition coefficient (Wildman–Crippen LogP) is 2.32. The Balaban J connectivity index is 1.70. The highest BCUT2D eigenvalue weighted by molar-refractivity contribution is 6.02. The van der Waals surface area contributed by atoms with Gasteiger partial charge < -0.3 is 10.5 Å². The normalized spacial score (nSPS) is 11.1.